The molecule has 0 aromatic heterocycles. The predicted octanol–water partition coefficient (Wildman–Crippen LogP) is 4.64. The Balaban J connectivity index is 0. The number of hydrogen-bond donors (Lipinski definition) is 0. The lowest BCUT2D eigenvalue weighted by Crippen LogP contribution is -1.89. The average molecular weight is 158 g/mol. The highest BCUT2D eigenvalue weighted by atomic mass is 14.0. The molecule has 0 aromatic carbocycles. The van der Waals surface area contributed by atoms with Crippen molar-refractivity contribution in [2.24, 2.45) is 5.92 Å². The molecule has 0 saturated heterocycles. The molecule has 0 aliphatic rings. The zero-order chi connectivity index (χ0) is 9.11. The topological polar surface area (TPSA) is 0 Å². The fraction of sp³-hybridized carbons (Fsp3) is 1.00. The van der Waals surface area contributed by atoms with Crippen LogP contribution in [0.25, 0.3) is 0 Å². The van der Waals surface area contributed by atoms with E-state index in [4.69, 9.17) is 0 Å². The Morgan fingerprint density at radius 3 is 1.73 bits per heavy atom. The largest absolute Gasteiger partial charge is 0.0656 e. The normalized spacial score (nSPS) is 11.7. The second kappa shape index (κ2) is 12.7. The van der Waals surface area contributed by atoms with Crippen molar-refractivity contribution in [1.82, 2.24) is 0 Å². The lowest BCUT2D eigenvalue weighted by atomic mass is 10.0. The molecule has 0 aromatic rings. The van der Waals surface area contributed by atoms with Gasteiger partial charge in [-0.3, -0.25) is 0 Å². The molecular weight excluding hydrogens is 132 g/mol. The maximum absolute atomic E-state index is 2.33. The van der Waals surface area contributed by atoms with Crippen LogP contribution in [0.3, 0.4) is 0 Å². The lowest BCUT2D eigenvalue weighted by molar-refractivity contribution is 0.492. The van der Waals surface area contributed by atoms with Crippen LogP contribution in [-0.2, 0) is 0 Å². The molecular formula is C11H26. The molecule has 0 aliphatic carbocycles. The van der Waals surface area contributed by atoms with Crippen LogP contribution in [0.15, 0.2) is 0 Å². The van der Waals surface area contributed by atoms with Gasteiger partial charge in [-0.15, -0.1) is 0 Å². The maximum atomic E-state index is 2.33. The molecule has 0 amide bonds. The van der Waals surface area contributed by atoms with Crippen LogP contribution in [-0.4, -0.2) is 0 Å². The first-order valence-electron chi connectivity index (χ1n) is 5.22. The molecule has 11 heavy (non-hydrogen) atoms. The third-order valence-corrected chi connectivity index (χ3v) is 1.75. The van der Waals surface area contributed by atoms with Crippen LogP contribution in [0.2, 0.25) is 0 Å². The minimum Gasteiger partial charge on any atom is -0.0656 e. The first-order chi connectivity index (χ1) is 5.22. The highest BCUT2D eigenvalue weighted by molar-refractivity contribution is 4.47. The quantitative estimate of drug-likeness (QED) is 0.559. The van der Waals surface area contributed by atoms with E-state index < -0.39 is 0 Å². The lowest BCUT2D eigenvalue weighted by Gasteiger charge is -2.04. The van der Waals surface area contributed by atoms with E-state index in [0.29, 0.717) is 0 Å². The molecule has 0 radical (unpaired) electrons. The third-order valence-electron chi connectivity index (χ3n) is 1.75. The van der Waals surface area contributed by atoms with Crippen LogP contribution >= 0.6 is 0 Å². The summed E-state index contributed by atoms with van der Waals surface area (Å²) in [6.07, 6.45) is 6.78. The average Bonchev–Trinajstić information content (AvgIpc) is 2.02. The second-order valence-corrected chi connectivity index (χ2v) is 3.36. The number of rotatable bonds is 4. The van der Waals surface area contributed by atoms with Crippen molar-refractivity contribution in [2.75, 3.05) is 0 Å². The van der Waals surface area contributed by atoms with E-state index in [2.05, 4.69) is 34.6 Å². The maximum Gasteiger partial charge on any atom is -0.0445 e. The fourth-order valence-corrected chi connectivity index (χ4v) is 0.757. The van der Waals surface area contributed by atoms with E-state index >= 15 is 0 Å². The minimum absolute atomic E-state index is 0.954. The molecule has 0 heterocycles. The molecule has 0 rings (SSSR count). The zero-order valence-electron chi connectivity index (χ0n) is 9.11. The van der Waals surface area contributed by atoms with Crippen molar-refractivity contribution in [3.05, 3.63) is 0 Å². The predicted molar refractivity (Wildman–Crippen MR) is 54.9 cm³/mol. The van der Waals surface area contributed by atoms with Gasteiger partial charge in [-0.2, -0.15) is 0 Å². The van der Waals surface area contributed by atoms with E-state index in [1.165, 1.54) is 32.1 Å². The van der Waals surface area contributed by atoms with Gasteiger partial charge in [0, 0.05) is 0 Å². The molecule has 0 nitrogen and oxygen atoms in total. The SMILES string of the molecule is CCC.CCCC[C@H](C)CC. The van der Waals surface area contributed by atoms with E-state index in [1.807, 2.05) is 0 Å². The van der Waals surface area contributed by atoms with E-state index in [1.54, 1.807) is 0 Å². The van der Waals surface area contributed by atoms with Crippen molar-refractivity contribution in [1.29, 1.82) is 0 Å². The molecule has 0 bridgehead atoms. The van der Waals surface area contributed by atoms with Crippen molar-refractivity contribution in [2.45, 2.75) is 66.7 Å². The third kappa shape index (κ3) is 17.8. The van der Waals surface area contributed by atoms with E-state index in [9.17, 15) is 0 Å². The van der Waals surface area contributed by atoms with Crippen molar-refractivity contribution in [3.63, 3.8) is 0 Å². The molecule has 0 spiro atoms. The summed E-state index contributed by atoms with van der Waals surface area (Å²) in [5.74, 6) is 0.954. The first kappa shape index (κ1) is 13.6. The van der Waals surface area contributed by atoms with Gasteiger partial charge in [0.05, 0.1) is 0 Å². The Hall–Kier alpha value is 0. The summed E-state index contributed by atoms with van der Waals surface area (Å²) < 4.78 is 0. The Morgan fingerprint density at radius 1 is 1.00 bits per heavy atom. The molecule has 0 fully saturated rings. The monoisotopic (exact) mass is 158 g/mol. The van der Waals surface area contributed by atoms with Crippen LogP contribution in [0.1, 0.15) is 66.7 Å². The van der Waals surface area contributed by atoms with Gasteiger partial charge in [0.1, 0.15) is 0 Å². The van der Waals surface area contributed by atoms with Crippen molar-refractivity contribution in [3.8, 4) is 0 Å². The van der Waals surface area contributed by atoms with Gasteiger partial charge >= 0.3 is 0 Å². The zero-order valence-corrected chi connectivity index (χ0v) is 9.11. The molecule has 0 aliphatic heterocycles. The van der Waals surface area contributed by atoms with Crippen LogP contribution < -0.4 is 0 Å². The van der Waals surface area contributed by atoms with Crippen LogP contribution in [0, 0.1) is 5.92 Å². The molecule has 0 saturated carbocycles. The second-order valence-electron chi connectivity index (χ2n) is 3.36. The minimum atomic E-state index is 0.954. The molecule has 0 N–H and O–H groups in total. The van der Waals surface area contributed by atoms with Gasteiger partial charge in [-0.25, -0.2) is 0 Å². The van der Waals surface area contributed by atoms with Gasteiger partial charge in [0.2, 0.25) is 0 Å². The van der Waals surface area contributed by atoms with Gasteiger partial charge in [0.15, 0.2) is 0 Å². The smallest absolute Gasteiger partial charge is 0.0445 e. The van der Waals surface area contributed by atoms with Crippen molar-refractivity contribution >= 4 is 0 Å². The van der Waals surface area contributed by atoms with Gasteiger partial charge in [0.25, 0.3) is 0 Å². The van der Waals surface area contributed by atoms with Crippen LogP contribution in [0.4, 0.5) is 0 Å². The Morgan fingerprint density at radius 2 is 1.45 bits per heavy atom. The highest BCUT2D eigenvalue weighted by Crippen LogP contribution is 2.09. The Labute approximate surface area is 73.4 Å². The number of hydrogen-bond acceptors (Lipinski definition) is 0. The summed E-state index contributed by atoms with van der Waals surface area (Å²) >= 11 is 0. The summed E-state index contributed by atoms with van der Waals surface area (Å²) in [5.41, 5.74) is 0. The Kier molecular flexibility index (Phi) is 15.6. The summed E-state index contributed by atoms with van der Waals surface area (Å²) in [6.45, 7) is 11.1. The van der Waals surface area contributed by atoms with Gasteiger partial charge in [-0.1, -0.05) is 66.7 Å². The molecule has 0 unspecified atom stereocenters. The van der Waals surface area contributed by atoms with Gasteiger partial charge < -0.3 is 0 Å². The molecule has 70 valence electrons. The standard InChI is InChI=1S/C8H18.C3H8/c1-4-6-7-8(3)5-2;1-3-2/h8H,4-7H2,1-3H3;3H2,1-2H3/t8-;/m1./s1. The Bertz CT molecular complexity index is 48.0. The van der Waals surface area contributed by atoms with Gasteiger partial charge in [-0.05, 0) is 5.92 Å². The highest BCUT2D eigenvalue weighted by Gasteiger charge is 1.94. The first-order valence-corrected chi connectivity index (χ1v) is 5.22. The van der Waals surface area contributed by atoms with E-state index in [-0.39, 0.29) is 0 Å². The van der Waals surface area contributed by atoms with E-state index in [0.717, 1.165) is 5.92 Å². The summed E-state index contributed by atoms with van der Waals surface area (Å²) in [4.78, 5) is 0. The number of unbranched alkanes of at least 4 members (excludes halogenated alkanes) is 1. The van der Waals surface area contributed by atoms with Crippen LogP contribution in [0.5, 0.6) is 0 Å². The van der Waals surface area contributed by atoms with Crippen molar-refractivity contribution < 1.29 is 0 Å². The fourth-order valence-electron chi connectivity index (χ4n) is 0.757. The summed E-state index contributed by atoms with van der Waals surface area (Å²) in [6, 6.07) is 0. The summed E-state index contributed by atoms with van der Waals surface area (Å²) in [5, 5.41) is 0. The molecule has 1 atom stereocenters. The summed E-state index contributed by atoms with van der Waals surface area (Å²) in [7, 11) is 0. The molecule has 0 heteroatoms.